The van der Waals surface area contributed by atoms with Crippen molar-refractivity contribution in [1.82, 2.24) is 4.98 Å². The van der Waals surface area contributed by atoms with Crippen LogP contribution >= 0.6 is 0 Å². The quantitative estimate of drug-likeness (QED) is 0.734. The van der Waals surface area contributed by atoms with Gasteiger partial charge in [-0.3, -0.25) is 0 Å². The molecule has 0 radical (unpaired) electrons. The molecule has 3 rings (SSSR count). The van der Waals surface area contributed by atoms with Gasteiger partial charge in [0.05, 0.1) is 18.4 Å². The van der Waals surface area contributed by atoms with E-state index in [4.69, 9.17) is 4.74 Å². The Morgan fingerprint density at radius 2 is 1.92 bits per heavy atom. The van der Waals surface area contributed by atoms with Crippen molar-refractivity contribution in [2.45, 2.75) is 6.54 Å². The first kappa shape index (κ1) is 15.7. The summed E-state index contributed by atoms with van der Waals surface area (Å²) in [7, 11) is 1.55. The van der Waals surface area contributed by atoms with Crippen LogP contribution in [0.25, 0.3) is 11.3 Å². The van der Waals surface area contributed by atoms with Gasteiger partial charge in [-0.2, -0.15) is 4.57 Å². The van der Waals surface area contributed by atoms with E-state index in [1.807, 2.05) is 53.2 Å². The summed E-state index contributed by atoms with van der Waals surface area (Å²) in [6.07, 6.45) is 3.51. The lowest BCUT2D eigenvalue weighted by molar-refractivity contribution is -0.688. The molecule has 0 amide bonds. The molecule has 3 aromatic rings. The van der Waals surface area contributed by atoms with Crippen molar-refractivity contribution in [2.24, 2.45) is 0 Å². The van der Waals surface area contributed by atoms with E-state index >= 15 is 0 Å². The van der Waals surface area contributed by atoms with E-state index in [0.717, 1.165) is 11.1 Å². The van der Waals surface area contributed by atoms with Crippen LogP contribution in [0, 0.1) is 0 Å². The maximum Gasteiger partial charge on any atom is 0.341 e. The zero-order valence-corrected chi connectivity index (χ0v) is 13.2. The molecule has 5 heteroatoms. The number of hydrogen-bond donors (Lipinski definition) is 1. The Hall–Kier alpha value is -3.21. The monoisotopic (exact) mass is 321 g/mol. The number of benzene rings is 1. The van der Waals surface area contributed by atoms with Gasteiger partial charge in [0, 0.05) is 11.6 Å². The summed E-state index contributed by atoms with van der Waals surface area (Å²) in [4.78, 5) is 15.8. The molecule has 0 fully saturated rings. The Morgan fingerprint density at radius 3 is 2.62 bits per heavy atom. The summed E-state index contributed by atoms with van der Waals surface area (Å²) in [6, 6.07) is 16.9. The smallest absolute Gasteiger partial charge is 0.341 e. The molecule has 0 atom stereocenters. The summed E-state index contributed by atoms with van der Waals surface area (Å²) in [5.41, 5.74) is 2.70. The van der Waals surface area contributed by atoms with Gasteiger partial charge in [0.25, 0.3) is 0 Å². The highest BCUT2D eigenvalue weighted by molar-refractivity contribution is 5.88. The van der Waals surface area contributed by atoms with Gasteiger partial charge in [-0.25, -0.2) is 9.78 Å². The van der Waals surface area contributed by atoms with Gasteiger partial charge in [0.2, 0.25) is 5.88 Å². The van der Waals surface area contributed by atoms with E-state index in [2.05, 4.69) is 4.98 Å². The molecule has 0 aliphatic carbocycles. The molecule has 0 aliphatic heterocycles. The Labute approximate surface area is 139 Å². The molecule has 1 N–H and O–H groups in total. The fourth-order valence-electron chi connectivity index (χ4n) is 2.47. The Kier molecular flexibility index (Phi) is 4.52. The van der Waals surface area contributed by atoms with Gasteiger partial charge in [0.1, 0.15) is 5.56 Å². The van der Waals surface area contributed by atoms with Crippen molar-refractivity contribution in [3.8, 4) is 17.1 Å². The molecule has 0 spiro atoms. The maximum atomic E-state index is 11.5. The standard InChI is InChI=1S/C19H16N2O3/c1-24-18-9-5-8-17(20-18)15-10-16(19(22)23)13-21(12-15)11-14-6-3-2-4-7-14/h2-10,12-13H,11H2,1H3/p+1. The molecule has 0 saturated heterocycles. The van der Waals surface area contributed by atoms with Crippen molar-refractivity contribution in [3.05, 3.63) is 78.1 Å². The normalized spacial score (nSPS) is 10.4. The average molecular weight is 321 g/mol. The van der Waals surface area contributed by atoms with Gasteiger partial charge in [-0.05, 0) is 12.1 Å². The van der Waals surface area contributed by atoms with Gasteiger partial charge in [0.15, 0.2) is 18.9 Å². The molecule has 5 nitrogen and oxygen atoms in total. The minimum Gasteiger partial charge on any atom is -0.481 e. The number of aromatic carboxylic acids is 1. The number of carboxylic acids is 1. The van der Waals surface area contributed by atoms with Crippen molar-refractivity contribution >= 4 is 5.97 Å². The SMILES string of the molecule is COc1cccc(-c2cc(C(=O)O)c[n+](Cc3ccccc3)c2)n1. The second-order valence-corrected chi connectivity index (χ2v) is 5.34. The topological polar surface area (TPSA) is 63.3 Å². The summed E-state index contributed by atoms with van der Waals surface area (Å²) in [6.45, 7) is 0.582. The van der Waals surface area contributed by atoms with Crippen LogP contribution in [0.1, 0.15) is 15.9 Å². The Balaban J connectivity index is 2.04. The zero-order chi connectivity index (χ0) is 16.9. The average Bonchev–Trinajstić information content (AvgIpc) is 2.62. The van der Waals surface area contributed by atoms with E-state index in [0.29, 0.717) is 18.1 Å². The van der Waals surface area contributed by atoms with Gasteiger partial charge < -0.3 is 9.84 Å². The third-order valence-corrected chi connectivity index (χ3v) is 3.60. The highest BCUT2D eigenvalue weighted by atomic mass is 16.5. The van der Waals surface area contributed by atoms with Gasteiger partial charge in [-0.15, -0.1) is 0 Å². The van der Waals surface area contributed by atoms with Crippen LogP contribution in [-0.2, 0) is 6.54 Å². The molecule has 120 valence electrons. The lowest BCUT2D eigenvalue weighted by atomic mass is 10.1. The van der Waals surface area contributed by atoms with Gasteiger partial charge >= 0.3 is 5.97 Å². The van der Waals surface area contributed by atoms with E-state index in [1.54, 1.807) is 25.4 Å². The van der Waals surface area contributed by atoms with Crippen LogP contribution in [0.15, 0.2) is 67.0 Å². The molecule has 24 heavy (non-hydrogen) atoms. The number of nitrogens with zero attached hydrogens (tertiary/aromatic N) is 2. The fraction of sp³-hybridized carbons (Fsp3) is 0.105. The molecule has 2 heterocycles. The second kappa shape index (κ2) is 6.91. The van der Waals surface area contributed by atoms with Crippen LogP contribution in [-0.4, -0.2) is 23.2 Å². The van der Waals surface area contributed by atoms with Crippen LogP contribution in [0.4, 0.5) is 0 Å². The number of hydrogen-bond acceptors (Lipinski definition) is 3. The summed E-state index contributed by atoms with van der Waals surface area (Å²) in [5.74, 6) is -0.482. The Bertz CT molecular complexity index is 863. The number of carbonyl (C=O) groups is 1. The first-order valence-corrected chi connectivity index (χ1v) is 7.48. The first-order chi connectivity index (χ1) is 11.7. The van der Waals surface area contributed by atoms with Crippen molar-refractivity contribution < 1.29 is 19.2 Å². The van der Waals surface area contributed by atoms with Crippen LogP contribution in [0.2, 0.25) is 0 Å². The molecule has 0 unspecified atom stereocenters. The van der Waals surface area contributed by atoms with Crippen molar-refractivity contribution in [3.63, 3.8) is 0 Å². The summed E-state index contributed by atoms with van der Waals surface area (Å²) >= 11 is 0. The van der Waals surface area contributed by atoms with E-state index in [9.17, 15) is 9.90 Å². The van der Waals surface area contributed by atoms with Crippen LogP contribution < -0.4 is 9.30 Å². The predicted octanol–water partition coefficient (Wildman–Crippen LogP) is 2.79. The molecule has 2 aromatic heterocycles. The molecule has 1 aromatic carbocycles. The highest BCUT2D eigenvalue weighted by Crippen LogP contribution is 2.19. The molecular formula is C19H17N2O3+. The third kappa shape index (κ3) is 3.57. The minimum atomic E-state index is -0.971. The lowest BCUT2D eigenvalue weighted by Gasteiger charge is -2.05. The predicted molar refractivity (Wildman–Crippen MR) is 88.9 cm³/mol. The summed E-state index contributed by atoms with van der Waals surface area (Å²) in [5, 5.41) is 9.39. The van der Waals surface area contributed by atoms with Crippen molar-refractivity contribution in [2.75, 3.05) is 7.11 Å². The zero-order valence-electron chi connectivity index (χ0n) is 13.2. The third-order valence-electron chi connectivity index (χ3n) is 3.60. The maximum absolute atomic E-state index is 11.5. The molecule has 0 aliphatic rings. The van der Waals surface area contributed by atoms with E-state index in [1.165, 1.54) is 0 Å². The van der Waals surface area contributed by atoms with E-state index in [-0.39, 0.29) is 5.56 Å². The highest BCUT2D eigenvalue weighted by Gasteiger charge is 2.15. The fourth-order valence-corrected chi connectivity index (χ4v) is 2.47. The summed E-state index contributed by atoms with van der Waals surface area (Å²) < 4.78 is 7.00. The first-order valence-electron chi connectivity index (χ1n) is 7.48. The number of rotatable bonds is 5. The number of methoxy groups -OCH3 is 1. The van der Waals surface area contributed by atoms with Crippen LogP contribution in [0.3, 0.4) is 0 Å². The molecule has 0 bridgehead atoms. The number of carboxylic acid groups (broad SMARTS) is 1. The number of aromatic nitrogens is 2. The molecular weight excluding hydrogens is 304 g/mol. The largest absolute Gasteiger partial charge is 0.481 e. The van der Waals surface area contributed by atoms with E-state index < -0.39 is 5.97 Å². The second-order valence-electron chi connectivity index (χ2n) is 5.34. The van der Waals surface area contributed by atoms with Crippen molar-refractivity contribution in [1.29, 1.82) is 0 Å². The van der Waals surface area contributed by atoms with Gasteiger partial charge in [-0.1, -0.05) is 36.4 Å². The molecule has 0 saturated carbocycles. The number of pyridine rings is 2. The number of ether oxygens (including phenoxy) is 1. The Morgan fingerprint density at radius 1 is 1.12 bits per heavy atom. The lowest BCUT2D eigenvalue weighted by Crippen LogP contribution is -2.35. The minimum absolute atomic E-state index is 0.216. The van der Waals surface area contributed by atoms with Crippen LogP contribution in [0.5, 0.6) is 5.88 Å².